The number of esters is 1. The van der Waals surface area contributed by atoms with Gasteiger partial charge in [0.05, 0.1) is 18.0 Å². The van der Waals surface area contributed by atoms with Gasteiger partial charge in [0.15, 0.2) is 0 Å². The Labute approximate surface area is 112 Å². The van der Waals surface area contributed by atoms with Crippen LogP contribution in [-0.2, 0) is 11.3 Å². The number of primary amides is 1. The van der Waals surface area contributed by atoms with E-state index < -0.39 is 6.03 Å². The van der Waals surface area contributed by atoms with Crippen molar-refractivity contribution in [2.45, 2.75) is 33.7 Å². The largest absolute Gasteiger partial charge is 0.462 e. The number of rotatable bonds is 6. The summed E-state index contributed by atoms with van der Waals surface area (Å²) >= 11 is 0. The molecule has 1 heterocycles. The van der Waals surface area contributed by atoms with E-state index in [1.807, 2.05) is 13.8 Å². The number of ether oxygens (including phenoxy) is 1. The zero-order valence-electron chi connectivity index (χ0n) is 11.5. The molecule has 1 aromatic heterocycles. The minimum absolute atomic E-state index is 0.231. The molecule has 0 radical (unpaired) electrons. The third-order valence-corrected chi connectivity index (χ3v) is 2.74. The number of aryl methyl sites for hydroxylation is 2. The van der Waals surface area contributed by atoms with Crippen molar-refractivity contribution in [3.8, 4) is 0 Å². The highest BCUT2D eigenvalue weighted by molar-refractivity contribution is 5.91. The smallest absolute Gasteiger partial charge is 0.341 e. The first-order valence-corrected chi connectivity index (χ1v) is 6.21. The van der Waals surface area contributed by atoms with Crippen LogP contribution >= 0.6 is 0 Å². The third-order valence-electron chi connectivity index (χ3n) is 2.74. The molecule has 106 valence electrons. The summed E-state index contributed by atoms with van der Waals surface area (Å²) in [5.41, 5.74) is 6.90. The maximum absolute atomic E-state index is 11.9. The number of aromatic nitrogens is 2. The molecule has 7 heteroatoms. The van der Waals surface area contributed by atoms with Gasteiger partial charge >= 0.3 is 12.0 Å². The van der Waals surface area contributed by atoms with Crippen molar-refractivity contribution in [2.75, 3.05) is 13.2 Å². The maximum atomic E-state index is 11.9. The van der Waals surface area contributed by atoms with Crippen molar-refractivity contribution >= 4 is 12.0 Å². The fourth-order valence-electron chi connectivity index (χ4n) is 1.82. The van der Waals surface area contributed by atoms with E-state index in [-0.39, 0.29) is 12.6 Å². The zero-order valence-corrected chi connectivity index (χ0v) is 11.5. The Morgan fingerprint density at radius 2 is 2.11 bits per heavy atom. The van der Waals surface area contributed by atoms with Crippen LogP contribution in [0, 0.1) is 13.8 Å². The molecule has 0 atom stereocenters. The van der Waals surface area contributed by atoms with E-state index in [0.29, 0.717) is 30.8 Å². The molecule has 2 amide bonds. The maximum Gasteiger partial charge on any atom is 0.341 e. The summed E-state index contributed by atoms with van der Waals surface area (Å²) in [5, 5.41) is 6.69. The molecule has 0 bridgehead atoms. The molecular formula is C12H20N4O3. The SMILES string of the molecule is CCn1nc(C)c(C(=O)OCCCNC(N)=O)c1C. The van der Waals surface area contributed by atoms with Crippen molar-refractivity contribution in [1.82, 2.24) is 15.1 Å². The Morgan fingerprint density at radius 1 is 1.42 bits per heavy atom. The van der Waals surface area contributed by atoms with Crippen LogP contribution in [0.15, 0.2) is 0 Å². The highest BCUT2D eigenvalue weighted by atomic mass is 16.5. The van der Waals surface area contributed by atoms with Gasteiger partial charge in [-0.15, -0.1) is 0 Å². The Balaban J connectivity index is 2.50. The molecule has 3 N–H and O–H groups in total. The van der Waals surface area contributed by atoms with Crippen LogP contribution in [-0.4, -0.2) is 34.9 Å². The van der Waals surface area contributed by atoms with E-state index in [1.165, 1.54) is 0 Å². The minimum atomic E-state index is -0.581. The van der Waals surface area contributed by atoms with Gasteiger partial charge in [0.25, 0.3) is 0 Å². The van der Waals surface area contributed by atoms with Crippen LogP contribution in [0.1, 0.15) is 35.1 Å². The van der Waals surface area contributed by atoms with Gasteiger partial charge in [-0.1, -0.05) is 0 Å². The van der Waals surface area contributed by atoms with Gasteiger partial charge < -0.3 is 15.8 Å². The number of hydrogen-bond donors (Lipinski definition) is 2. The van der Waals surface area contributed by atoms with E-state index in [9.17, 15) is 9.59 Å². The molecule has 0 saturated heterocycles. The summed E-state index contributed by atoms with van der Waals surface area (Å²) in [4.78, 5) is 22.4. The first kappa shape index (κ1) is 15.0. The standard InChI is InChI=1S/C12H20N4O3/c1-4-16-9(3)10(8(2)15-16)11(17)19-7-5-6-14-12(13)18/h4-7H2,1-3H3,(H3,13,14,18). The normalized spacial score (nSPS) is 10.3. The van der Waals surface area contributed by atoms with E-state index >= 15 is 0 Å². The Bertz CT molecular complexity index is 468. The molecule has 0 spiro atoms. The fraction of sp³-hybridized carbons (Fsp3) is 0.583. The van der Waals surface area contributed by atoms with Crippen molar-refractivity contribution in [3.63, 3.8) is 0 Å². The van der Waals surface area contributed by atoms with Crippen LogP contribution in [0.5, 0.6) is 0 Å². The number of urea groups is 1. The van der Waals surface area contributed by atoms with Crippen molar-refractivity contribution in [1.29, 1.82) is 0 Å². The van der Waals surface area contributed by atoms with Crippen molar-refractivity contribution < 1.29 is 14.3 Å². The molecule has 0 aliphatic carbocycles. The molecule has 19 heavy (non-hydrogen) atoms. The molecule has 1 aromatic rings. The lowest BCUT2D eigenvalue weighted by Gasteiger charge is -2.05. The average molecular weight is 268 g/mol. The lowest BCUT2D eigenvalue weighted by molar-refractivity contribution is 0.0500. The summed E-state index contributed by atoms with van der Waals surface area (Å²) in [6.45, 7) is 6.91. The molecule has 0 aliphatic heterocycles. The quantitative estimate of drug-likeness (QED) is 0.587. The molecule has 7 nitrogen and oxygen atoms in total. The van der Waals surface area contributed by atoms with E-state index in [4.69, 9.17) is 10.5 Å². The third kappa shape index (κ3) is 3.97. The first-order chi connectivity index (χ1) is 8.97. The van der Waals surface area contributed by atoms with Gasteiger partial charge in [-0.2, -0.15) is 5.10 Å². The van der Waals surface area contributed by atoms with Gasteiger partial charge in [-0.3, -0.25) is 4.68 Å². The van der Waals surface area contributed by atoms with E-state index in [0.717, 1.165) is 5.69 Å². The van der Waals surface area contributed by atoms with Gasteiger partial charge in [0.2, 0.25) is 0 Å². The predicted octanol–water partition coefficient (Wildman–Crippen LogP) is 0.735. The van der Waals surface area contributed by atoms with Gasteiger partial charge in [0, 0.05) is 13.1 Å². The van der Waals surface area contributed by atoms with Crippen LogP contribution in [0.4, 0.5) is 4.79 Å². The van der Waals surface area contributed by atoms with Crippen LogP contribution in [0.3, 0.4) is 0 Å². The summed E-state index contributed by atoms with van der Waals surface area (Å²) < 4.78 is 6.91. The number of nitrogens with zero attached hydrogens (tertiary/aromatic N) is 2. The number of carbonyl (C=O) groups is 2. The van der Waals surface area contributed by atoms with Gasteiger partial charge in [-0.25, -0.2) is 9.59 Å². The van der Waals surface area contributed by atoms with E-state index in [1.54, 1.807) is 11.6 Å². The van der Waals surface area contributed by atoms with Gasteiger partial charge in [-0.05, 0) is 27.2 Å². The Hall–Kier alpha value is -2.05. The zero-order chi connectivity index (χ0) is 14.4. The Kier molecular flexibility index (Phi) is 5.35. The first-order valence-electron chi connectivity index (χ1n) is 6.21. The van der Waals surface area contributed by atoms with Gasteiger partial charge in [0.1, 0.15) is 5.56 Å². The topological polar surface area (TPSA) is 99.2 Å². The molecule has 1 rings (SSSR count). The number of amides is 2. The summed E-state index contributed by atoms with van der Waals surface area (Å²) in [5.74, 6) is -0.381. The van der Waals surface area contributed by atoms with E-state index in [2.05, 4.69) is 10.4 Å². The molecular weight excluding hydrogens is 248 g/mol. The van der Waals surface area contributed by atoms with Crippen LogP contribution < -0.4 is 11.1 Å². The van der Waals surface area contributed by atoms with Crippen molar-refractivity contribution in [3.05, 3.63) is 17.0 Å². The predicted molar refractivity (Wildman–Crippen MR) is 69.9 cm³/mol. The monoisotopic (exact) mass is 268 g/mol. The second-order valence-corrected chi connectivity index (χ2v) is 4.14. The second kappa shape index (κ2) is 6.77. The average Bonchev–Trinajstić information content (AvgIpc) is 2.63. The summed E-state index contributed by atoms with van der Waals surface area (Å²) in [7, 11) is 0. The number of carbonyl (C=O) groups excluding carboxylic acids is 2. The minimum Gasteiger partial charge on any atom is -0.462 e. The summed E-state index contributed by atoms with van der Waals surface area (Å²) in [6, 6.07) is -0.581. The lowest BCUT2D eigenvalue weighted by atomic mass is 10.2. The fourth-order valence-corrected chi connectivity index (χ4v) is 1.82. The molecule has 0 aromatic carbocycles. The molecule has 0 unspecified atom stereocenters. The van der Waals surface area contributed by atoms with Crippen molar-refractivity contribution in [2.24, 2.45) is 5.73 Å². The number of hydrogen-bond acceptors (Lipinski definition) is 4. The molecule has 0 aliphatic rings. The van der Waals surface area contributed by atoms with Crippen LogP contribution in [0.25, 0.3) is 0 Å². The molecule has 0 fully saturated rings. The number of nitrogens with one attached hydrogen (secondary N) is 1. The lowest BCUT2D eigenvalue weighted by Crippen LogP contribution is -2.30. The summed E-state index contributed by atoms with van der Waals surface area (Å²) in [6.07, 6.45) is 0.523. The second-order valence-electron chi connectivity index (χ2n) is 4.14. The highest BCUT2D eigenvalue weighted by Gasteiger charge is 2.19. The Morgan fingerprint density at radius 3 is 2.63 bits per heavy atom. The highest BCUT2D eigenvalue weighted by Crippen LogP contribution is 2.14. The van der Waals surface area contributed by atoms with Crippen LogP contribution in [0.2, 0.25) is 0 Å². The molecule has 0 saturated carbocycles. The number of nitrogens with two attached hydrogens (primary N) is 1.